The van der Waals surface area contributed by atoms with Crippen molar-refractivity contribution in [3.63, 3.8) is 0 Å². The Hall–Kier alpha value is -1.92. The number of carbonyl (C=O) groups is 2. The van der Waals surface area contributed by atoms with Gasteiger partial charge in [0.25, 0.3) is 0 Å². The summed E-state index contributed by atoms with van der Waals surface area (Å²) in [5, 5.41) is 10.9. The minimum atomic E-state index is -1.38. The topological polar surface area (TPSA) is 80.1 Å². The highest BCUT2D eigenvalue weighted by Crippen LogP contribution is 2.09. The lowest BCUT2D eigenvalue weighted by Crippen LogP contribution is -3.14. The quantitative estimate of drug-likeness (QED) is 0.638. The number of esters is 1. The number of carboxylic acids is 1. The Morgan fingerprint density at radius 1 is 1.20 bits per heavy atom. The summed E-state index contributed by atoms with van der Waals surface area (Å²) >= 11 is 0. The second kappa shape index (κ2) is 7.02. The number of ether oxygens (including phenoxy) is 2. The van der Waals surface area contributed by atoms with E-state index in [-0.39, 0.29) is 17.7 Å². The van der Waals surface area contributed by atoms with Gasteiger partial charge in [-0.15, -0.1) is 0 Å². The first kappa shape index (κ1) is 14.5. The molecule has 20 heavy (non-hydrogen) atoms. The standard InChI is InChI=1S/C14H17NO5/c16-13(17)11-3-1-2-4-12(11)14(18)20-10-7-15-5-8-19-9-6-15/h1-4H,5-10H2,(H,16,17). The summed E-state index contributed by atoms with van der Waals surface area (Å²) in [6, 6.07) is 5.89. The van der Waals surface area contributed by atoms with E-state index in [9.17, 15) is 14.7 Å². The van der Waals surface area contributed by atoms with Gasteiger partial charge in [0.15, 0.2) is 0 Å². The van der Waals surface area contributed by atoms with E-state index in [1.165, 1.54) is 17.0 Å². The molecular formula is C14H17NO5. The van der Waals surface area contributed by atoms with Crippen LogP contribution < -0.4 is 10.0 Å². The van der Waals surface area contributed by atoms with Crippen molar-refractivity contribution in [2.75, 3.05) is 39.5 Å². The van der Waals surface area contributed by atoms with Crippen molar-refractivity contribution in [2.45, 2.75) is 0 Å². The van der Waals surface area contributed by atoms with Crippen LogP contribution in [0.2, 0.25) is 0 Å². The van der Waals surface area contributed by atoms with E-state index in [4.69, 9.17) is 9.47 Å². The molecule has 0 bridgehead atoms. The summed E-state index contributed by atoms with van der Waals surface area (Å²) in [6.45, 7) is 4.19. The summed E-state index contributed by atoms with van der Waals surface area (Å²) in [5.74, 6) is -2.01. The highest BCUT2D eigenvalue weighted by molar-refractivity contribution is 6.01. The fourth-order valence-corrected chi connectivity index (χ4v) is 2.12. The van der Waals surface area contributed by atoms with Gasteiger partial charge in [0.05, 0.1) is 24.7 Å². The molecule has 2 rings (SSSR count). The van der Waals surface area contributed by atoms with Gasteiger partial charge in [-0.3, -0.25) is 0 Å². The maximum atomic E-state index is 11.9. The Balaban J connectivity index is 1.87. The predicted octanol–water partition coefficient (Wildman–Crippen LogP) is -1.88. The Kier molecular flexibility index (Phi) is 5.09. The van der Waals surface area contributed by atoms with Crippen LogP contribution in [0.1, 0.15) is 20.7 Å². The number of hydrogen-bond acceptors (Lipinski definition) is 5. The number of nitrogens with one attached hydrogen (secondary N) is 1. The molecule has 1 aromatic carbocycles. The summed E-state index contributed by atoms with van der Waals surface area (Å²) in [4.78, 5) is 24.1. The summed E-state index contributed by atoms with van der Waals surface area (Å²) in [7, 11) is 0. The van der Waals surface area contributed by atoms with Gasteiger partial charge in [0.2, 0.25) is 0 Å². The molecule has 0 atom stereocenters. The molecule has 6 heteroatoms. The van der Waals surface area contributed by atoms with Crippen LogP contribution in [0.3, 0.4) is 0 Å². The van der Waals surface area contributed by atoms with E-state index >= 15 is 0 Å². The number of morpholine rings is 1. The number of carboxylic acid groups (broad SMARTS) is 1. The number of rotatable bonds is 5. The number of carbonyl (C=O) groups excluding carboxylic acids is 2. The van der Waals surface area contributed by atoms with Crippen LogP contribution in [0, 0.1) is 0 Å². The number of hydrogen-bond donors (Lipinski definition) is 1. The van der Waals surface area contributed by atoms with Crippen LogP contribution in [0.15, 0.2) is 24.3 Å². The van der Waals surface area contributed by atoms with Gasteiger partial charge in [-0.05, 0) is 6.07 Å². The van der Waals surface area contributed by atoms with Crippen molar-refractivity contribution >= 4 is 11.9 Å². The molecule has 1 heterocycles. The third-order valence-corrected chi connectivity index (χ3v) is 3.26. The molecule has 6 nitrogen and oxygen atoms in total. The molecule has 0 spiro atoms. The fourth-order valence-electron chi connectivity index (χ4n) is 2.12. The monoisotopic (exact) mass is 279 g/mol. The summed E-state index contributed by atoms with van der Waals surface area (Å²) in [6.07, 6.45) is 0. The number of aromatic carboxylic acids is 1. The van der Waals surface area contributed by atoms with E-state index in [2.05, 4.69) is 0 Å². The molecule has 0 unspecified atom stereocenters. The number of quaternary nitrogens is 1. The van der Waals surface area contributed by atoms with E-state index in [1.54, 1.807) is 12.1 Å². The molecule has 1 fully saturated rings. The highest BCUT2D eigenvalue weighted by Gasteiger charge is 2.16. The smallest absolute Gasteiger partial charge is 0.339 e. The molecule has 1 aromatic rings. The van der Waals surface area contributed by atoms with E-state index in [0.717, 1.165) is 26.3 Å². The molecule has 0 amide bonds. The maximum absolute atomic E-state index is 11.9. The van der Waals surface area contributed by atoms with E-state index < -0.39 is 11.9 Å². The van der Waals surface area contributed by atoms with Crippen LogP contribution in [-0.4, -0.2) is 51.4 Å². The first-order valence-corrected chi connectivity index (χ1v) is 6.57. The average molecular weight is 279 g/mol. The second-order valence-corrected chi connectivity index (χ2v) is 4.58. The minimum Gasteiger partial charge on any atom is -0.545 e. The third-order valence-electron chi connectivity index (χ3n) is 3.26. The maximum Gasteiger partial charge on any atom is 0.339 e. The Bertz CT molecular complexity index is 482. The SMILES string of the molecule is O=C([O-])c1ccccc1C(=O)OCC[NH+]1CCOCC1. The highest BCUT2D eigenvalue weighted by atomic mass is 16.5. The van der Waals surface area contributed by atoms with Gasteiger partial charge >= 0.3 is 5.97 Å². The zero-order valence-electron chi connectivity index (χ0n) is 11.1. The zero-order valence-corrected chi connectivity index (χ0v) is 11.1. The molecule has 0 saturated carbocycles. The zero-order chi connectivity index (χ0) is 14.4. The van der Waals surface area contributed by atoms with Crippen LogP contribution in [0.4, 0.5) is 0 Å². The predicted molar refractivity (Wildman–Crippen MR) is 67.4 cm³/mol. The fraction of sp³-hybridized carbons (Fsp3) is 0.429. The van der Waals surface area contributed by atoms with Crippen LogP contribution in [0.5, 0.6) is 0 Å². The first-order chi connectivity index (χ1) is 9.68. The molecule has 1 aliphatic rings. The number of benzene rings is 1. The molecule has 108 valence electrons. The summed E-state index contributed by atoms with van der Waals surface area (Å²) in [5.41, 5.74) is -0.110. The lowest BCUT2D eigenvalue weighted by molar-refractivity contribution is -0.908. The molecular weight excluding hydrogens is 262 g/mol. The molecule has 0 aromatic heterocycles. The van der Waals surface area contributed by atoms with Gasteiger partial charge < -0.3 is 24.3 Å². The lowest BCUT2D eigenvalue weighted by atomic mass is 10.1. The molecule has 0 aliphatic carbocycles. The van der Waals surface area contributed by atoms with Crippen molar-refractivity contribution in [2.24, 2.45) is 0 Å². The Morgan fingerprint density at radius 2 is 1.85 bits per heavy atom. The Morgan fingerprint density at radius 3 is 2.50 bits per heavy atom. The van der Waals surface area contributed by atoms with Crippen LogP contribution in [-0.2, 0) is 9.47 Å². The summed E-state index contributed by atoms with van der Waals surface area (Å²) < 4.78 is 10.4. The van der Waals surface area contributed by atoms with Gasteiger partial charge in [-0.1, -0.05) is 18.2 Å². The third kappa shape index (κ3) is 3.79. The van der Waals surface area contributed by atoms with Gasteiger partial charge in [0, 0.05) is 5.56 Å². The van der Waals surface area contributed by atoms with Crippen LogP contribution >= 0.6 is 0 Å². The van der Waals surface area contributed by atoms with Crippen molar-refractivity contribution in [1.82, 2.24) is 0 Å². The average Bonchev–Trinajstić information content (AvgIpc) is 2.48. The van der Waals surface area contributed by atoms with Crippen molar-refractivity contribution in [3.05, 3.63) is 35.4 Å². The van der Waals surface area contributed by atoms with Crippen molar-refractivity contribution in [3.8, 4) is 0 Å². The molecule has 1 N–H and O–H groups in total. The van der Waals surface area contributed by atoms with E-state index in [1.807, 2.05) is 0 Å². The van der Waals surface area contributed by atoms with Crippen molar-refractivity contribution in [1.29, 1.82) is 0 Å². The molecule has 0 radical (unpaired) electrons. The van der Waals surface area contributed by atoms with Crippen LogP contribution in [0.25, 0.3) is 0 Å². The van der Waals surface area contributed by atoms with E-state index in [0.29, 0.717) is 6.54 Å². The van der Waals surface area contributed by atoms with Gasteiger partial charge in [-0.25, -0.2) is 4.79 Å². The molecule has 1 aliphatic heterocycles. The lowest BCUT2D eigenvalue weighted by Gasteiger charge is -2.23. The Labute approximate surface area is 116 Å². The normalized spacial score (nSPS) is 15.8. The second-order valence-electron chi connectivity index (χ2n) is 4.58. The largest absolute Gasteiger partial charge is 0.545 e. The van der Waals surface area contributed by atoms with Crippen molar-refractivity contribution < 1.29 is 29.1 Å². The first-order valence-electron chi connectivity index (χ1n) is 6.57. The van der Waals surface area contributed by atoms with Gasteiger partial charge in [0.1, 0.15) is 26.2 Å². The van der Waals surface area contributed by atoms with Gasteiger partial charge in [-0.2, -0.15) is 0 Å². The minimum absolute atomic E-state index is 0.0319. The molecule has 1 saturated heterocycles.